The minimum Gasteiger partial charge on any atom is -0.361 e. The van der Waals surface area contributed by atoms with Crippen LogP contribution >= 0.6 is 0 Å². The van der Waals surface area contributed by atoms with Crippen molar-refractivity contribution >= 4 is 12.6 Å². The van der Waals surface area contributed by atoms with Crippen molar-refractivity contribution in [2.24, 2.45) is 10.2 Å². The lowest BCUT2D eigenvalue weighted by molar-refractivity contribution is -0.137. The minimum atomic E-state index is -4.42. The van der Waals surface area contributed by atoms with Crippen molar-refractivity contribution < 1.29 is 13.2 Å². The first-order chi connectivity index (χ1) is 7.88. The Balaban J connectivity index is 3.39. The summed E-state index contributed by atoms with van der Waals surface area (Å²) in [7, 11) is 3.19. The molecule has 0 aliphatic heterocycles. The van der Waals surface area contributed by atoms with Crippen LogP contribution in [0, 0.1) is 0 Å². The zero-order valence-corrected chi connectivity index (χ0v) is 9.49. The van der Waals surface area contributed by atoms with Crippen molar-refractivity contribution in [1.29, 1.82) is 0 Å². The van der Waals surface area contributed by atoms with Gasteiger partial charge >= 0.3 is 6.18 Å². The van der Waals surface area contributed by atoms with Crippen LogP contribution in [0.1, 0.15) is 11.1 Å². The van der Waals surface area contributed by atoms with E-state index in [-0.39, 0.29) is 11.4 Å². The molecule has 0 fully saturated rings. The van der Waals surface area contributed by atoms with Crippen LogP contribution in [0.3, 0.4) is 0 Å². The van der Waals surface area contributed by atoms with Gasteiger partial charge in [0, 0.05) is 26.4 Å². The summed E-state index contributed by atoms with van der Waals surface area (Å²) in [5.74, 6) is 0.118. The quantitative estimate of drug-likeness (QED) is 0.446. The van der Waals surface area contributed by atoms with Crippen molar-refractivity contribution in [3.63, 3.8) is 0 Å². The fraction of sp³-hybridized carbons (Fsp3) is 0.273. The highest BCUT2D eigenvalue weighted by Gasteiger charge is 2.34. The van der Waals surface area contributed by atoms with Gasteiger partial charge in [-0.3, -0.25) is 0 Å². The predicted octanol–water partition coefficient (Wildman–Crippen LogP) is 2.63. The number of halogens is 3. The van der Waals surface area contributed by atoms with E-state index >= 15 is 0 Å². The first-order valence-electron chi connectivity index (χ1n) is 4.75. The van der Waals surface area contributed by atoms with E-state index in [1.165, 1.54) is 23.1 Å². The maximum absolute atomic E-state index is 12.8. The Labute approximate surface area is 97.3 Å². The summed E-state index contributed by atoms with van der Waals surface area (Å²) in [5, 5.41) is 6.91. The van der Waals surface area contributed by atoms with E-state index in [4.69, 9.17) is 0 Å². The molecular formula is C11H12F3N3. The van der Waals surface area contributed by atoms with Crippen molar-refractivity contribution in [3.8, 4) is 0 Å². The zero-order valence-electron chi connectivity index (χ0n) is 9.49. The van der Waals surface area contributed by atoms with Crippen LogP contribution in [-0.2, 0) is 6.18 Å². The summed E-state index contributed by atoms with van der Waals surface area (Å²) in [6.07, 6.45) is -4.42. The molecule has 6 heteroatoms. The summed E-state index contributed by atoms with van der Waals surface area (Å²) in [4.78, 5) is 1.46. The molecule has 0 bridgehead atoms. The Morgan fingerprint density at radius 2 is 1.82 bits per heavy atom. The van der Waals surface area contributed by atoms with Crippen LogP contribution in [0.5, 0.6) is 0 Å². The summed E-state index contributed by atoms with van der Waals surface area (Å²) in [6.45, 7) is 3.15. The number of benzene rings is 1. The predicted molar refractivity (Wildman–Crippen MR) is 61.2 cm³/mol. The normalized spacial score (nSPS) is 12.4. The van der Waals surface area contributed by atoms with Gasteiger partial charge in [-0.05, 0) is 6.07 Å². The van der Waals surface area contributed by atoms with E-state index in [0.717, 1.165) is 6.07 Å². The summed E-state index contributed by atoms with van der Waals surface area (Å²) >= 11 is 0. The second-order valence-electron chi connectivity index (χ2n) is 3.50. The number of hydrogen-bond donors (Lipinski definition) is 0. The minimum absolute atomic E-state index is 0.0163. The smallest absolute Gasteiger partial charge is 0.361 e. The highest BCUT2D eigenvalue weighted by molar-refractivity contribution is 5.99. The van der Waals surface area contributed by atoms with Gasteiger partial charge < -0.3 is 4.90 Å². The third kappa shape index (κ3) is 3.05. The Morgan fingerprint density at radius 1 is 1.24 bits per heavy atom. The van der Waals surface area contributed by atoms with Crippen molar-refractivity contribution in [2.75, 3.05) is 14.1 Å². The molecule has 0 aliphatic carbocycles. The van der Waals surface area contributed by atoms with Crippen LogP contribution in [0.25, 0.3) is 0 Å². The summed E-state index contributed by atoms with van der Waals surface area (Å²) in [5.41, 5.74) is -0.756. The largest absolute Gasteiger partial charge is 0.417 e. The SMILES string of the molecule is C=N/N=C(/c1ccccc1C(F)(F)F)N(C)C. The van der Waals surface area contributed by atoms with Crippen molar-refractivity contribution in [2.45, 2.75) is 6.18 Å². The average molecular weight is 243 g/mol. The molecule has 0 unspecified atom stereocenters. The van der Waals surface area contributed by atoms with Crippen molar-refractivity contribution in [3.05, 3.63) is 35.4 Å². The molecule has 17 heavy (non-hydrogen) atoms. The Hall–Kier alpha value is -1.85. The molecule has 1 rings (SSSR count). The molecule has 0 heterocycles. The Kier molecular flexibility index (Phi) is 3.88. The average Bonchev–Trinajstić information content (AvgIpc) is 2.24. The summed E-state index contributed by atoms with van der Waals surface area (Å²) in [6, 6.07) is 5.22. The van der Waals surface area contributed by atoms with Crippen LogP contribution in [0.4, 0.5) is 13.2 Å². The number of alkyl halides is 3. The maximum atomic E-state index is 12.8. The van der Waals surface area contributed by atoms with Crippen LogP contribution in [0.2, 0.25) is 0 Å². The van der Waals surface area contributed by atoms with E-state index in [0.29, 0.717) is 0 Å². The lowest BCUT2D eigenvalue weighted by Gasteiger charge is -2.18. The van der Waals surface area contributed by atoms with E-state index < -0.39 is 11.7 Å². The van der Waals surface area contributed by atoms with Gasteiger partial charge in [-0.15, -0.1) is 5.10 Å². The van der Waals surface area contributed by atoms with Gasteiger partial charge in [0.15, 0.2) is 5.84 Å². The molecule has 1 aromatic carbocycles. The number of hydrogen-bond acceptors (Lipinski definition) is 2. The van der Waals surface area contributed by atoms with Crippen LogP contribution in [0.15, 0.2) is 34.5 Å². The second-order valence-corrected chi connectivity index (χ2v) is 3.50. The molecule has 0 saturated carbocycles. The second kappa shape index (κ2) is 4.99. The third-order valence-corrected chi connectivity index (χ3v) is 2.06. The number of rotatable bonds is 2. The van der Waals surface area contributed by atoms with E-state index in [9.17, 15) is 13.2 Å². The van der Waals surface area contributed by atoms with Gasteiger partial charge in [-0.2, -0.15) is 18.3 Å². The fourth-order valence-corrected chi connectivity index (χ4v) is 1.38. The molecular weight excluding hydrogens is 231 g/mol. The monoisotopic (exact) mass is 243 g/mol. The first-order valence-corrected chi connectivity index (χ1v) is 4.75. The Morgan fingerprint density at radius 3 is 2.29 bits per heavy atom. The molecule has 0 atom stereocenters. The third-order valence-electron chi connectivity index (χ3n) is 2.06. The number of amidine groups is 1. The molecule has 1 aromatic rings. The number of nitrogens with zero attached hydrogens (tertiary/aromatic N) is 3. The molecule has 0 amide bonds. The lowest BCUT2D eigenvalue weighted by Crippen LogP contribution is -2.26. The molecule has 92 valence electrons. The maximum Gasteiger partial charge on any atom is 0.417 e. The fourth-order valence-electron chi connectivity index (χ4n) is 1.38. The standard InChI is InChI=1S/C11H12F3N3/c1-15-16-10(17(2)3)8-6-4-5-7-9(8)11(12,13)14/h4-7H,1H2,2-3H3/b16-10-. The topological polar surface area (TPSA) is 28.0 Å². The lowest BCUT2D eigenvalue weighted by atomic mass is 10.1. The molecule has 3 nitrogen and oxygen atoms in total. The van der Waals surface area contributed by atoms with Gasteiger partial charge in [0.25, 0.3) is 0 Å². The molecule has 0 saturated heterocycles. The molecule has 0 radical (unpaired) electrons. The highest BCUT2D eigenvalue weighted by atomic mass is 19.4. The molecule has 0 aromatic heterocycles. The van der Waals surface area contributed by atoms with E-state index in [1.807, 2.05) is 0 Å². The van der Waals surface area contributed by atoms with Crippen molar-refractivity contribution in [1.82, 2.24) is 4.90 Å². The van der Waals surface area contributed by atoms with Gasteiger partial charge in [0.2, 0.25) is 0 Å². The van der Waals surface area contributed by atoms with Crippen LogP contribution in [-0.4, -0.2) is 31.5 Å². The molecule has 0 N–H and O–H groups in total. The highest BCUT2D eigenvalue weighted by Crippen LogP contribution is 2.32. The van der Waals surface area contributed by atoms with Gasteiger partial charge in [0.05, 0.1) is 5.56 Å². The van der Waals surface area contributed by atoms with Gasteiger partial charge in [-0.25, -0.2) is 0 Å². The van der Waals surface area contributed by atoms with E-state index in [2.05, 4.69) is 16.9 Å². The van der Waals surface area contributed by atoms with E-state index in [1.54, 1.807) is 14.1 Å². The molecule has 0 spiro atoms. The van der Waals surface area contributed by atoms with Crippen LogP contribution < -0.4 is 0 Å². The zero-order chi connectivity index (χ0) is 13.1. The molecule has 0 aliphatic rings. The first kappa shape index (κ1) is 13.2. The Bertz CT molecular complexity index is 436. The summed E-state index contributed by atoms with van der Waals surface area (Å²) < 4.78 is 38.4. The van der Waals surface area contributed by atoms with Gasteiger partial charge in [-0.1, -0.05) is 18.2 Å². The van der Waals surface area contributed by atoms with Gasteiger partial charge in [0.1, 0.15) is 0 Å².